The van der Waals surface area contributed by atoms with E-state index >= 15 is 0 Å². The molecule has 5 heteroatoms. The van der Waals surface area contributed by atoms with Crippen LogP contribution in [0.2, 0.25) is 0 Å². The summed E-state index contributed by atoms with van der Waals surface area (Å²) in [5.41, 5.74) is 0.996. The summed E-state index contributed by atoms with van der Waals surface area (Å²) in [4.78, 5) is 14.8. The van der Waals surface area contributed by atoms with Gasteiger partial charge in [-0.25, -0.2) is 9.78 Å². The number of carboxylic acids is 1. The molecule has 0 bridgehead atoms. The Balaban J connectivity index is 2.11. The van der Waals surface area contributed by atoms with Crippen LogP contribution in [0.15, 0.2) is 35.8 Å². The number of hydrogen-bond donors (Lipinski definition) is 1. The van der Waals surface area contributed by atoms with Crippen molar-refractivity contribution in [2.75, 3.05) is 0 Å². The molecular weight excluding hydrogens is 238 g/mol. The molecule has 0 radical (unpaired) electrons. The summed E-state index contributed by atoms with van der Waals surface area (Å²) in [6.45, 7) is 1.50. The molecule has 0 aliphatic heterocycles. The van der Waals surface area contributed by atoms with Crippen LogP contribution in [-0.2, 0) is 4.79 Å². The molecule has 0 amide bonds. The summed E-state index contributed by atoms with van der Waals surface area (Å²) in [5, 5.41) is 11.6. The van der Waals surface area contributed by atoms with E-state index in [0.717, 1.165) is 10.6 Å². The topological polar surface area (TPSA) is 59.4 Å². The molecule has 1 aromatic heterocycles. The second kappa shape index (κ2) is 4.97. The Labute approximate surface area is 103 Å². The highest BCUT2D eigenvalue weighted by atomic mass is 32.1. The molecule has 2 rings (SSSR count). The lowest BCUT2D eigenvalue weighted by molar-refractivity contribution is -0.144. The van der Waals surface area contributed by atoms with Gasteiger partial charge in [0.05, 0.1) is 0 Å². The quantitative estimate of drug-likeness (QED) is 0.905. The van der Waals surface area contributed by atoms with Crippen molar-refractivity contribution in [2.24, 2.45) is 0 Å². The van der Waals surface area contributed by atoms with Gasteiger partial charge in [0.25, 0.3) is 0 Å². The number of benzene rings is 1. The fourth-order valence-electron chi connectivity index (χ4n) is 1.30. The summed E-state index contributed by atoms with van der Waals surface area (Å²) >= 11 is 1.55. The first-order valence-electron chi connectivity index (χ1n) is 5.06. The Morgan fingerprint density at radius 3 is 2.65 bits per heavy atom. The van der Waals surface area contributed by atoms with Crippen LogP contribution >= 0.6 is 11.3 Å². The molecule has 17 heavy (non-hydrogen) atoms. The SMILES string of the molecule is CC(Oc1ccc(-c2nccs2)cc1)C(=O)O. The van der Waals surface area contributed by atoms with Gasteiger partial charge in [-0.05, 0) is 31.2 Å². The molecule has 1 atom stereocenters. The van der Waals surface area contributed by atoms with Gasteiger partial charge in [-0.15, -0.1) is 11.3 Å². The Morgan fingerprint density at radius 2 is 2.12 bits per heavy atom. The lowest BCUT2D eigenvalue weighted by Crippen LogP contribution is -2.22. The van der Waals surface area contributed by atoms with Crippen molar-refractivity contribution in [3.8, 4) is 16.3 Å². The highest BCUT2D eigenvalue weighted by molar-refractivity contribution is 7.13. The minimum absolute atomic E-state index is 0.542. The fraction of sp³-hybridized carbons (Fsp3) is 0.167. The molecule has 2 aromatic rings. The zero-order chi connectivity index (χ0) is 12.3. The number of aromatic nitrogens is 1. The Morgan fingerprint density at radius 1 is 1.41 bits per heavy atom. The van der Waals surface area contributed by atoms with Crippen LogP contribution in [0.5, 0.6) is 5.75 Å². The number of rotatable bonds is 4. The molecule has 1 N–H and O–H groups in total. The van der Waals surface area contributed by atoms with Crippen LogP contribution in [0.4, 0.5) is 0 Å². The molecule has 1 heterocycles. The molecule has 4 nitrogen and oxygen atoms in total. The predicted molar refractivity (Wildman–Crippen MR) is 65.3 cm³/mol. The molecule has 1 unspecified atom stereocenters. The average Bonchev–Trinajstić information content (AvgIpc) is 2.83. The molecule has 0 aliphatic carbocycles. The summed E-state index contributed by atoms with van der Waals surface area (Å²) in [5.74, 6) is -0.436. The summed E-state index contributed by atoms with van der Waals surface area (Å²) < 4.78 is 5.23. The van der Waals surface area contributed by atoms with E-state index in [4.69, 9.17) is 9.84 Å². The number of thiazole rings is 1. The van der Waals surface area contributed by atoms with Crippen LogP contribution in [0.3, 0.4) is 0 Å². The fourth-order valence-corrected chi connectivity index (χ4v) is 1.94. The molecule has 0 fully saturated rings. The molecule has 0 saturated carbocycles. The highest BCUT2D eigenvalue weighted by Crippen LogP contribution is 2.24. The molecular formula is C12H11NO3S. The maximum atomic E-state index is 10.6. The molecule has 0 saturated heterocycles. The maximum absolute atomic E-state index is 10.6. The third-order valence-electron chi connectivity index (χ3n) is 2.19. The molecule has 1 aromatic carbocycles. The van der Waals surface area contributed by atoms with Crippen molar-refractivity contribution in [3.63, 3.8) is 0 Å². The Hall–Kier alpha value is -1.88. The van der Waals surface area contributed by atoms with Gasteiger partial charge in [0, 0.05) is 17.1 Å². The number of nitrogens with zero attached hydrogens (tertiary/aromatic N) is 1. The van der Waals surface area contributed by atoms with E-state index in [1.165, 1.54) is 6.92 Å². The van der Waals surface area contributed by atoms with Crippen molar-refractivity contribution in [1.29, 1.82) is 0 Å². The van der Waals surface area contributed by atoms with E-state index < -0.39 is 12.1 Å². The lowest BCUT2D eigenvalue weighted by Gasteiger charge is -2.10. The van der Waals surface area contributed by atoms with Crippen molar-refractivity contribution in [2.45, 2.75) is 13.0 Å². The molecule has 0 spiro atoms. The largest absolute Gasteiger partial charge is 0.479 e. The van der Waals surface area contributed by atoms with Crippen molar-refractivity contribution < 1.29 is 14.6 Å². The maximum Gasteiger partial charge on any atom is 0.344 e. The van der Waals surface area contributed by atoms with Gasteiger partial charge in [-0.1, -0.05) is 0 Å². The van der Waals surface area contributed by atoms with Crippen molar-refractivity contribution in [3.05, 3.63) is 35.8 Å². The monoisotopic (exact) mass is 249 g/mol. The van der Waals surface area contributed by atoms with Crippen LogP contribution in [0, 0.1) is 0 Å². The standard InChI is InChI=1S/C12H11NO3S/c1-8(12(14)15)16-10-4-2-9(3-5-10)11-13-6-7-17-11/h2-8H,1H3,(H,14,15). The van der Waals surface area contributed by atoms with Gasteiger partial charge >= 0.3 is 5.97 Å². The van der Waals surface area contributed by atoms with Gasteiger partial charge < -0.3 is 9.84 Å². The summed E-state index contributed by atoms with van der Waals surface area (Å²) in [7, 11) is 0. The van der Waals surface area contributed by atoms with Gasteiger partial charge in [-0.3, -0.25) is 0 Å². The third-order valence-corrected chi connectivity index (χ3v) is 3.02. The van der Waals surface area contributed by atoms with E-state index in [-0.39, 0.29) is 0 Å². The van der Waals surface area contributed by atoms with E-state index in [1.54, 1.807) is 29.7 Å². The number of carboxylic acid groups (broad SMARTS) is 1. The second-order valence-corrected chi connectivity index (χ2v) is 4.35. The van der Waals surface area contributed by atoms with E-state index in [1.807, 2.05) is 17.5 Å². The Bertz CT molecular complexity index is 493. The Kier molecular flexibility index (Phi) is 3.39. The lowest BCUT2D eigenvalue weighted by atomic mass is 10.2. The van der Waals surface area contributed by atoms with E-state index in [2.05, 4.69) is 4.98 Å². The average molecular weight is 249 g/mol. The van der Waals surface area contributed by atoms with Crippen molar-refractivity contribution in [1.82, 2.24) is 4.98 Å². The first-order valence-corrected chi connectivity index (χ1v) is 5.94. The first kappa shape index (κ1) is 11.6. The minimum atomic E-state index is -0.978. The van der Waals surface area contributed by atoms with Gasteiger partial charge in [0.15, 0.2) is 6.10 Å². The number of ether oxygens (including phenoxy) is 1. The summed E-state index contributed by atoms with van der Waals surface area (Å²) in [6.07, 6.45) is 0.900. The van der Waals surface area contributed by atoms with Gasteiger partial charge in [-0.2, -0.15) is 0 Å². The number of carbonyl (C=O) groups is 1. The van der Waals surface area contributed by atoms with E-state index in [9.17, 15) is 4.79 Å². The van der Waals surface area contributed by atoms with Gasteiger partial charge in [0.1, 0.15) is 10.8 Å². The minimum Gasteiger partial charge on any atom is -0.479 e. The molecule has 0 aliphatic rings. The predicted octanol–water partition coefficient (Wildman–Crippen LogP) is 2.66. The smallest absolute Gasteiger partial charge is 0.344 e. The summed E-state index contributed by atoms with van der Waals surface area (Å²) in [6, 6.07) is 7.22. The number of hydrogen-bond acceptors (Lipinski definition) is 4. The van der Waals surface area contributed by atoms with Crippen LogP contribution in [-0.4, -0.2) is 22.2 Å². The van der Waals surface area contributed by atoms with E-state index in [0.29, 0.717) is 5.75 Å². The van der Waals surface area contributed by atoms with Crippen LogP contribution < -0.4 is 4.74 Å². The second-order valence-electron chi connectivity index (χ2n) is 3.46. The highest BCUT2D eigenvalue weighted by Gasteiger charge is 2.12. The zero-order valence-corrected chi connectivity index (χ0v) is 9.98. The van der Waals surface area contributed by atoms with Gasteiger partial charge in [0.2, 0.25) is 0 Å². The first-order chi connectivity index (χ1) is 8.16. The van der Waals surface area contributed by atoms with Crippen LogP contribution in [0.25, 0.3) is 10.6 Å². The molecule has 88 valence electrons. The zero-order valence-electron chi connectivity index (χ0n) is 9.16. The third kappa shape index (κ3) is 2.82. The van der Waals surface area contributed by atoms with Crippen LogP contribution in [0.1, 0.15) is 6.92 Å². The number of aliphatic carboxylic acids is 1. The van der Waals surface area contributed by atoms with Crippen molar-refractivity contribution >= 4 is 17.3 Å². The normalized spacial score (nSPS) is 12.1.